The molecule has 0 aliphatic heterocycles. The van der Waals surface area contributed by atoms with E-state index in [-0.39, 0.29) is 61.9 Å². The first-order valence-electron chi connectivity index (χ1n) is 12.4. The van der Waals surface area contributed by atoms with Crippen molar-refractivity contribution in [3.05, 3.63) is 24.3 Å². The third-order valence-corrected chi connectivity index (χ3v) is 5.05. The number of rotatable bonds is 15. The number of nitrogens with zero attached hydrogens (tertiary/aromatic N) is 2. The Morgan fingerprint density at radius 3 is 1.40 bits per heavy atom. The smallest absolute Gasteiger partial charge is 0.333 e. The molecule has 0 aromatic carbocycles. The largest absolute Gasteiger partial charge is 0.464 e. The van der Waals surface area contributed by atoms with Crippen LogP contribution in [0.25, 0.3) is 0 Å². The molecule has 0 aliphatic rings. The molecular weight excluding hydrogens is 532 g/mol. The van der Waals surface area contributed by atoms with Crippen molar-refractivity contribution in [3.63, 3.8) is 0 Å². The van der Waals surface area contributed by atoms with Gasteiger partial charge in [0.1, 0.15) is 13.2 Å². The van der Waals surface area contributed by atoms with Gasteiger partial charge in [0.25, 0.3) is 0 Å². The van der Waals surface area contributed by atoms with Gasteiger partial charge in [-0.25, -0.2) is 4.79 Å². The van der Waals surface area contributed by atoms with E-state index in [0.717, 1.165) is 31.5 Å². The summed E-state index contributed by atoms with van der Waals surface area (Å²) in [5, 5.41) is 0. The first-order valence-corrected chi connectivity index (χ1v) is 12.4. The molecule has 1 unspecified atom stereocenters. The van der Waals surface area contributed by atoms with Crippen LogP contribution in [-0.4, -0.2) is 104 Å². The molecule has 42 heavy (non-hydrogen) atoms. The summed E-state index contributed by atoms with van der Waals surface area (Å²) in [7, 11) is 11.1. The second-order valence-corrected chi connectivity index (χ2v) is 10.7. The van der Waals surface area contributed by atoms with Gasteiger partial charge in [-0.1, -0.05) is 77.1 Å². The van der Waals surface area contributed by atoms with E-state index in [4.69, 9.17) is 18.9 Å². The SMILES string of the molecule is C.C.C.C.C.C.C=C(C)C(=O)OCCN(C)C.C=C(C)COC.CCC(C)(COC)CC(C)(C)C(=O)OCCN(C)C. The highest BCUT2D eigenvalue weighted by molar-refractivity contribution is 5.86. The lowest BCUT2D eigenvalue weighted by atomic mass is 9.73. The topological polar surface area (TPSA) is 77.5 Å². The van der Waals surface area contributed by atoms with Crippen LogP contribution in [0.4, 0.5) is 0 Å². The van der Waals surface area contributed by atoms with Gasteiger partial charge in [-0.2, -0.15) is 0 Å². The van der Waals surface area contributed by atoms with Crippen molar-refractivity contribution < 1.29 is 28.5 Å². The third-order valence-electron chi connectivity index (χ3n) is 5.05. The van der Waals surface area contributed by atoms with Gasteiger partial charge in [0.15, 0.2) is 0 Å². The van der Waals surface area contributed by atoms with Gasteiger partial charge in [-0.05, 0) is 74.1 Å². The Labute approximate surface area is 266 Å². The Kier molecular flexibility index (Phi) is 53.6. The van der Waals surface area contributed by atoms with Crippen molar-refractivity contribution in [3.8, 4) is 0 Å². The number of methoxy groups -OCH3 is 2. The normalized spacial score (nSPS) is 10.7. The summed E-state index contributed by atoms with van der Waals surface area (Å²) in [5.41, 5.74) is 1.05. The van der Waals surface area contributed by atoms with Gasteiger partial charge >= 0.3 is 11.9 Å². The van der Waals surface area contributed by atoms with E-state index in [1.165, 1.54) is 0 Å². The first kappa shape index (κ1) is 63.5. The molecule has 0 bridgehead atoms. The number of likely N-dealkylation sites (N-methyl/N-ethyl adjacent to an activating group) is 2. The lowest BCUT2D eigenvalue weighted by Gasteiger charge is -2.35. The molecule has 0 saturated heterocycles. The molecule has 0 fully saturated rings. The molecule has 0 rings (SSSR count). The van der Waals surface area contributed by atoms with Crippen molar-refractivity contribution in [2.45, 2.75) is 98.9 Å². The van der Waals surface area contributed by atoms with Gasteiger partial charge in [0, 0.05) is 32.9 Å². The summed E-state index contributed by atoms with van der Waals surface area (Å²) in [6, 6.07) is 0. The molecule has 8 heteroatoms. The molecule has 262 valence electrons. The lowest BCUT2D eigenvalue weighted by Crippen LogP contribution is -2.36. The van der Waals surface area contributed by atoms with E-state index < -0.39 is 5.41 Å². The molecule has 0 spiro atoms. The van der Waals surface area contributed by atoms with Crippen LogP contribution in [0.5, 0.6) is 0 Å². The Morgan fingerprint density at radius 1 is 0.738 bits per heavy atom. The van der Waals surface area contributed by atoms with Gasteiger partial charge in [0.2, 0.25) is 0 Å². The molecule has 0 amide bonds. The van der Waals surface area contributed by atoms with Crippen molar-refractivity contribution in [2.75, 3.05) is 81.9 Å². The first-order chi connectivity index (χ1) is 16.5. The van der Waals surface area contributed by atoms with Crippen LogP contribution < -0.4 is 0 Å². The number of carbonyl (C=O) groups is 2. The highest BCUT2D eigenvalue weighted by Crippen LogP contribution is 2.37. The fourth-order valence-electron chi connectivity index (χ4n) is 2.97. The lowest BCUT2D eigenvalue weighted by molar-refractivity contribution is -0.156. The number of hydrogen-bond acceptors (Lipinski definition) is 8. The van der Waals surface area contributed by atoms with Gasteiger partial charge in [-0.3, -0.25) is 4.79 Å². The second-order valence-electron chi connectivity index (χ2n) is 10.7. The number of carbonyl (C=O) groups excluding carboxylic acids is 2. The maximum absolute atomic E-state index is 12.2. The van der Waals surface area contributed by atoms with Gasteiger partial charge in [0.05, 0.1) is 18.6 Å². The molecule has 0 radical (unpaired) electrons. The zero-order chi connectivity index (χ0) is 28.9. The van der Waals surface area contributed by atoms with Gasteiger partial charge in [-0.15, -0.1) is 0 Å². The van der Waals surface area contributed by atoms with Crippen LogP contribution in [0.2, 0.25) is 0 Å². The van der Waals surface area contributed by atoms with E-state index >= 15 is 0 Å². The minimum absolute atomic E-state index is 0. The molecule has 1 atom stereocenters. The van der Waals surface area contributed by atoms with Crippen LogP contribution in [0.1, 0.15) is 98.9 Å². The number of hydrogen-bond donors (Lipinski definition) is 0. The van der Waals surface area contributed by atoms with Crippen LogP contribution in [-0.2, 0) is 28.5 Å². The van der Waals surface area contributed by atoms with Crippen LogP contribution in [0.3, 0.4) is 0 Å². The minimum atomic E-state index is -0.477. The van der Waals surface area contributed by atoms with E-state index in [1.807, 2.05) is 58.8 Å². The predicted octanol–water partition coefficient (Wildman–Crippen LogP) is 8.26. The quantitative estimate of drug-likeness (QED) is 0.104. The van der Waals surface area contributed by atoms with E-state index in [1.54, 1.807) is 21.1 Å². The highest BCUT2D eigenvalue weighted by Gasteiger charge is 2.37. The minimum Gasteiger partial charge on any atom is -0.464 e. The Bertz CT molecular complexity index is 634. The van der Waals surface area contributed by atoms with Crippen LogP contribution >= 0.6 is 0 Å². The molecule has 0 heterocycles. The molecule has 0 aromatic rings. The summed E-state index contributed by atoms with van der Waals surface area (Å²) in [5.74, 6) is -0.433. The molecule has 0 aliphatic carbocycles. The van der Waals surface area contributed by atoms with Crippen molar-refractivity contribution in [1.82, 2.24) is 9.80 Å². The average molecular weight is 613 g/mol. The maximum Gasteiger partial charge on any atom is 0.333 e. The van der Waals surface area contributed by atoms with Crippen molar-refractivity contribution in [1.29, 1.82) is 0 Å². The van der Waals surface area contributed by atoms with E-state index in [9.17, 15) is 9.59 Å². The monoisotopic (exact) mass is 613 g/mol. The Hall–Kier alpha value is -1.74. The Balaban J connectivity index is -0.0000000586. The maximum atomic E-state index is 12.2. The van der Waals surface area contributed by atoms with Crippen molar-refractivity contribution in [2.24, 2.45) is 10.8 Å². The van der Waals surface area contributed by atoms with E-state index in [0.29, 0.717) is 32.0 Å². The summed E-state index contributed by atoms with van der Waals surface area (Å²) in [6.45, 7) is 22.6. The molecule has 0 aromatic heterocycles. The fourth-order valence-corrected chi connectivity index (χ4v) is 2.97. The fraction of sp³-hybridized carbons (Fsp3) is 0.824. The number of ether oxygens (including phenoxy) is 4. The summed E-state index contributed by atoms with van der Waals surface area (Å²) in [6.07, 6.45) is 1.75. The summed E-state index contributed by atoms with van der Waals surface area (Å²) in [4.78, 5) is 26.9. The molecular formula is C34H80N2O6. The van der Waals surface area contributed by atoms with Crippen LogP contribution in [0, 0.1) is 10.8 Å². The molecule has 8 nitrogen and oxygen atoms in total. The summed E-state index contributed by atoms with van der Waals surface area (Å²) < 4.78 is 20.2. The third kappa shape index (κ3) is 40.4. The average Bonchev–Trinajstić information content (AvgIpc) is 2.73. The molecule has 0 saturated carbocycles. The summed E-state index contributed by atoms with van der Waals surface area (Å²) >= 11 is 0. The van der Waals surface area contributed by atoms with Crippen molar-refractivity contribution >= 4 is 11.9 Å². The Morgan fingerprint density at radius 2 is 1.14 bits per heavy atom. The number of esters is 2. The van der Waals surface area contributed by atoms with Gasteiger partial charge < -0.3 is 28.7 Å². The molecule has 0 N–H and O–H groups in total. The zero-order valence-electron chi connectivity index (χ0n) is 25.4. The van der Waals surface area contributed by atoms with Crippen LogP contribution in [0.15, 0.2) is 24.3 Å². The predicted molar refractivity (Wildman–Crippen MR) is 190 cm³/mol. The zero-order valence-corrected chi connectivity index (χ0v) is 25.4. The second kappa shape index (κ2) is 35.5. The highest BCUT2D eigenvalue weighted by atomic mass is 16.5. The van der Waals surface area contributed by atoms with E-state index in [2.05, 4.69) is 27.0 Å². The standard InChI is InChI=1S/C15H31NO3.C8H15NO2.C5H10O.6CH4/c1-8-15(4,12-18-7)11-14(2,3)13(17)19-10-9-16(5)6;1-7(2)8(10)11-6-5-9(3)4;1-5(2)4-6-3;;;;;;/h8-12H2,1-7H3;1,5-6H2,2-4H3;1,4H2,2-3H3;6*1H4.